The molecule has 3 heterocycles. The fraction of sp³-hybridized carbons (Fsp3) is 0.545. The molecule has 0 radical (unpaired) electrons. The van der Waals surface area contributed by atoms with E-state index in [4.69, 9.17) is 4.42 Å². The number of likely N-dealkylation sites (tertiary alicyclic amines) is 1. The summed E-state index contributed by atoms with van der Waals surface area (Å²) in [7, 11) is 0. The average Bonchev–Trinajstić information content (AvgIpc) is 3.12. The van der Waals surface area contributed by atoms with Crippen molar-refractivity contribution >= 4 is 5.91 Å². The molecule has 1 fully saturated rings. The van der Waals surface area contributed by atoms with Crippen LogP contribution in [0.1, 0.15) is 59.7 Å². The molecule has 0 aromatic carbocycles. The maximum absolute atomic E-state index is 12.2. The van der Waals surface area contributed by atoms with Crippen LogP contribution in [0.5, 0.6) is 0 Å². The van der Waals surface area contributed by atoms with Gasteiger partial charge in [0, 0.05) is 24.4 Å². The second-order valence-electron chi connectivity index (χ2n) is 7.82. The van der Waals surface area contributed by atoms with Gasteiger partial charge in [-0.15, -0.1) is 0 Å². The highest BCUT2D eigenvalue weighted by Gasteiger charge is 2.21. The molecule has 0 bridgehead atoms. The van der Waals surface area contributed by atoms with Crippen LogP contribution in [0.25, 0.3) is 0 Å². The van der Waals surface area contributed by atoms with Crippen molar-refractivity contribution in [1.82, 2.24) is 15.2 Å². The second-order valence-corrected chi connectivity index (χ2v) is 7.82. The predicted octanol–water partition coefficient (Wildman–Crippen LogP) is 3.93. The van der Waals surface area contributed by atoms with Gasteiger partial charge in [0.05, 0.1) is 5.56 Å². The minimum absolute atomic E-state index is 0.0208. The van der Waals surface area contributed by atoms with Crippen molar-refractivity contribution in [1.29, 1.82) is 0 Å². The smallest absolute Gasteiger partial charge is 0.252 e. The highest BCUT2D eigenvalue weighted by molar-refractivity contribution is 5.93. The van der Waals surface area contributed by atoms with Crippen LogP contribution < -0.4 is 5.32 Å². The lowest BCUT2D eigenvalue weighted by molar-refractivity contribution is 0.0935. The first-order valence-corrected chi connectivity index (χ1v) is 10.0. The van der Waals surface area contributed by atoms with Gasteiger partial charge in [0.15, 0.2) is 0 Å². The second kappa shape index (κ2) is 9.18. The molecule has 146 valence electrons. The minimum atomic E-state index is -0.0208. The molecule has 2 aromatic heterocycles. The van der Waals surface area contributed by atoms with Crippen molar-refractivity contribution in [3.8, 4) is 0 Å². The molecular formula is C22H31N3O2. The molecule has 27 heavy (non-hydrogen) atoms. The Morgan fingerprint density at radius 1 is 1.26 bits per heavy atom. The van der Waals surface area contributed by atoms with E-state index in [2.05, 4.69) is 28.2 Å². The van der Waals surface area contributed by atoms with Gasteiger partial charge in [-0.2, -0.15) is 0 Å². The Morgan fingerprint density at radius 3 is 2.67 bits per heavy atom. The first kappa shape index (κ1) is 19.6. The third-order valence-corrected chi connectivity index (χ3v) is 5.56. The molecule has 1 N–H and O–H groups in total. The number of hydrogen-bond donors (Lipinski definition) is 1. The Morgan fingerprint density at radius 2 is 2.04 bits per heavy atom. The van der Waals surface area contributed by atoms with E-state index < -0.39 is 0 Å². The number of amides is 1. The molecule has 1 saturated heterocycles. The number of nitrogens with zero attached hydrogens (tertiary/aromatic N) is 2. The Bertz CT molecular complexity index is 730. The van der Waals surface area contributed by atoms with Gasteiger partial charge >= 0.3 is 0 Å². The van der Waals surface area contributed by atoms with Gasteiger partial charge in [-0.1, -0.05) is 6.92 Å². The molecule has 1 aliphatic rings. The number of hydrogen-bond acceptors (Lipinski definition) is 4. The van der Waals surface area contributed by atoms with Crippen molar-refractivity contribution in [2.45, 2.75) is 46.0 Å². The summed E-state index contributed by atoms with van der Waals surface area (Å²) in [5.41, 5.74) is 1.57. The standard InChI is InChI=1S/C22H31N3O2/c1-16(21-7-5-18(3)27-21)8-11-25-12-9-19(10-13-25)14-24-22(26)20-6-4-17(2)23-15-20/h4-7,15-16,19H,8-14H2,1-3H3,(H,24,26). The lowest BCUT2D eigenvalue weighted by Crippen LogP contribution is -2.39. The highest BCUT2D eigenvalue weighted by Crippen LogP contribution is 2.23. The van der Waals surface area contributed by atoms with Crippen LogP contribution in [0.4, 0.5) is 0 Å². The number of aromatic nitrogens is 1. The van der Waals surface area contributed by atoms with Crippen LogP contribution >= 0.6 is 0 Å². The summed E-state index contributed by atoms with van der Waals surface area (Å²) in [6.07, 6.45) is 5.05. The zero-order valence-electron chi connectivity index (χ0n) is 16.7. The van der Waals surface area contributed by atoms with E-state index in [9.17, 15) is 4.79 Å². The number of nitrogens with one attached hydrogen (secondary N) is 1. The Labute approximate surface area is 162 Å². The third kappa shape index (κ3) is 5.67. The van der Waals surface area contributed by atoms with Crippen LogP contribution in [0, 0.1) is 19.8 Å². The van der Waals surface area contributed by atoms with Gasteiger partial charge in [0.2, 0.25) is 0 Å². The predicted molar refractivity (Wildman–Crippen MR) is 107 cm³/mol. The average molecular weight is 370 g/mol. The number of pyridine rings is 1. The molecule has 1 unspecified atom stereocenters. The molecule has 1 atom stereocenters. The summed E-state index contributed by atoms with van der Waals surface area (Å²) in [4.78, 5) is 18.9. The zero-order chi connectivity index (χ0) is 19.2. The van der Waals surface area contributed by atoms with Crippen molar-refractivity contribution in [2.75, 3.05) is 26.2 Å². The van der Waals surface area contributed by atoms with Crippen molar-refractivity contribution in [3.05, 3.63) is 53.2 Å². The van der Waals surface area contributed by atoms with Crippen LogP contribution in [-0.4, -0.2) is 42.0 Å². The number of carbonyl (C=O) groups is 1. The van der Waals surface area contributed by atoms with Crippen LogP contribution in [0.2, 0.25) is 0 Å². The van der Waals surface area contributed by atoms with E-state index in [1.54, 1.807) is 6.20 Å². The summed E-state index contributed by atoms with van der Waals surface area (Å²) in [5.74, 6) is 3.08. The van der Waals surface area contributed by atoms with Crippen LogP contribution in [-0.2, 0) is 0 Å². The Kier molecular flexibility index (Phi) is 6.67. The maximum atomic E-state index is 12.2. The molecule has 0 spiro atoms. The quantitative estimate of drug-likeness (QED) is 0.803. The first-order chi connectivity index (χ1) is 13.0. The number of rotatable bonds is 7. The van der Waals surface area contributed by atoms with Gasteiger partial charge in [0.1, 0.15) is 11.5 Å². The molecule has 1 amide bonds. The van der Waals surface area contributed by atoms with Gasteiger partial charge in [-0.3, -0.25) is 9.78 Å². The van der Waals surface area contributed by atoms with Gasteiger partial charge in [0.25, 0.3) is 5.91 Å². The molecule has 3 rings (SSSR count). The molecule has 5 heteroatoms. The molecule has 0 aliphatic carbocycles. The summed E-state index contributed by atoms with van der Waals surface area (Å²) in [6, 6.07) is 7.84. The number of furan rings is 1. The monoisotopic (exact) mass is 369 g/mol. The fourth-order valence-electron chi connectivity index (χ4n) is 3.59. The van der Waals surface area contributed by atoms with E-state index in [0.29, 0.717) is 17.4 Å². The number of aryl methyl sites for hydroxylation is 2. The molecular weight excluding hydrogens is 338 g/mol. The first-order valence-electron chi connectivity index (χ1n) is 10.0. The van der Waals surface area contributed by atoms with Crippen LogP contribution in [0.15, 0.2) is 34.9 Å². The van der Waals surface area contributed by atoms with E-state index in [-0.39, 0.29) is 5.91 Å². The van der Waals surface area contributed by atoms with Crippen molar-refractivity contribution in [3.63, 3.8) is 0 Å². The highest BCUT2D eigenvalue weighted by atomic mass is 16.3. The van der Waals surface area contributed by atoms with Crippen molar-refractivity contribution in [2.24, 2.45) is 5.92 Å². The normalized spacial score (nSPS) is 17.0. The maximum Gasteiger partial charge on any atom is 0.252 e. The minimum Gasteiger partial charge on any atom is -0.466 e. The summed E-state index contributed by atoms with van der Waals surface area (Å²) in [5, 5.41) is 3.07. The fourth-order valence-corrected chi connectivity index (χ4v) is 3.59. The van der Waals surface area contributed by atoms with Gasteiger partial charge in [-0.05, 0) is 82.9 Å². The molecule has 1 aliphatic heterocycles. The topological polar surface area (TPSA) is 58.4 Å². The third-order valence-electron chi connectivity index (χ3n) is 5.56. The SMILES string of the molecule is Cc1ccc(C(=O)NCC2CCN(CCC(C)c3ccc(C)o3)CC2)cn1. The number of piperidine rings is 1. The Hall–Kier alpha value is -2.14. The Balaban J connectivity index is 1.35. The van der Waals surface area contributed by atoms with E-state index in [1.165, 1.54) is 0 Å². The van der Waals surface area contributed by atoms with E-state index >= 15 is 0 Å². The van der Waals surface area contributed by atoms with Crippen LogP contribution in [0.3, 0.4) is 0 Å². The zero-order valence-corrected chi connectivity index (χ0v) is 16.7. The molecule has 0 saturated carbocycles. The molecule has 2 aromatic rings. The number of carbonyl (C=O) groups excluding carboxylic acids is 1. The van der Waals surface area contributed by atoms with E-state index in [1.807, 2.05) is 32.0 Å². The van der Waals surface area contributed by atoms with E-state index in [0.717, 1.165) is 62.7 Å². The van der Waals surface area contributed by atoms with Gasteiger partial charge in [-0.25, -0.2) is 0 Å². The molecule has 5 nitrogen and oxygen atoms in total. The summed E-state index contributed by atoms with van der Waals surface area (Å²) >= 11 is 0. The van der Waals surface area contributed by atoms with Gasteiger partial charge < -0.3 is 14.6 Å². The largest absolute Gasteiger partial charge is 0.466 e. The summed E-state index contributed by atoms with van der Waals surface area (Å²) < 4.78 is 5.74. The lowest BCUT2D eigenvalue weighted by atomic mass is 9.96. The van der Waals surface area contributed by atoms with Crippen molar-refractivity contribution < 1.29 is 9.21 Å². The lowest BCUT2D eigenvalue weighted by Gasteiger charge is -2.32. The summed E-state index contributed by atoms with van der Waals surface area (Å²) in [6.45, 7) is 10.2.